The number of benzene rings is 2. The van der Waals surface area contributed by atoms with Gasteiger partial charge in [-0.2, -0.15) is 0 Å². The SMILES string of the molecule is O=C(Cl)OC(O)C1c2ccccc2-c2ccccc21. The summed E-state index contributed by atoms with van der Waals surface area (Å²) >= 11 is 5.18. The summed E-state index contributed by atoms with van der Waals surface area (Å²) in [4.78, 5) is 10.8. The van der Waals surface area contributed by atoms with E-state index in [0.717, 1.165) is 22.3 Å². The molecule has 0 radical (unpaired) electrons. The van der Waals surface area contributed by atoms with Crippen LogP contribution in [-0.2, 0) is 4.74 Å². The van der Waals surface area contributed by atoms with Crippen molar-refractivity contribution in [2.75, 3.05) is 0 Å². The number of hydrogen-bond donors (Lipinski definition) is 1. The predicted molar refractivity (Wildman–Crippen MR) is 72.1 cm³/mol. The van der Waals surface area contributed by atoms with E-state index in [1.54, 1.807) is 0 Å². The number of ether oxygens (including phenoxy) is 1. The van der Waals surface area contributed by atoms with E-state index in [9.17, 15) is 9.90 Å². The van der Waals surface area contributed by atoms with E-state index in [0.29, 0.717) is 0 Å². The molecule has 19 heavy (non-hydrogen) atoms. The smallest absolute Gasteiger partial charge is 0.406 e. The average molecular weight is 275 g/mol. The molecule has 0 saturated carbocycles. The quantitative estimate of drug-likeness (QED) is 0.673. The van der Waals surface area contributed by atoms with Crippen LogP contribution in [0.25, 0.3) is 11.1 Å². The second-order valence-electron chi connectivity index (χ2n) is 4.40. The molecule has 0 heterocycles. The number of aliphatic hydroxyl groups is 1. The van der Waals surface area contributed by atoms with Crippen molar-refractivity contribution in [3.05, 3.63) is 59.7 Å². The van der Waals surface area contributed by atoms with Crippen LogP contribution >= 0.6 is 11.6 Å². The second-order valence-corrected chi connectivity index (χ2v) is 4.71. The highest BCUT2D eigenvalue weighted by Crippen LogP contribution is 2.46. The molecule has 0 amide bonds. The number of aliphatic hydroxyl groups excluding tert-OH is 1. The van der Waals surface area contributed by atoms with Gasteiger partial charge in [-0.25, -0.2) is 4.79 Å². The van der Waals surface area contributed by atoms with Gasteiger partial charge in [-0.3, -0.25) is 0 Å². The first-order valence-corrected chi connectivity index (χ1v) is 6.28. The van der Waals surface area contributed by atoms with Gasteiger partial charge in [-0.05, 0) is 22.3 Å². The lowest BCUT2D eigenvalue weighted by atomic mass is 9.96. The molecule has 2 aromatic carbocycles. The number of halogens is 1. The molecule has 2 aromatic rings. The molecular formula is C15H11ClO3. The van der Waals surface area contributed by atoms with Crippen LogP contribution in [0.3, 0.4) is 0 Å². The van der Waals surface area contributed by atoms with Gasteiger partial charge in [0.1, 0.15) is 0 Å². The fourth-order valence-corrected chi connectivity index (χ4v) is 2.76. The Morgan fingerprint density at radius 3 is 2.00 bits per heavy atom. The van der Waals surface area contributed by atoms with Gasteiger partial charge >= 0.3 is 5.43 Å². The fraction of sp³-hybridized carbons (Fsp3) is 0.133. The molecule has 3 rings (SSSR count). The summed E-state index contributed by atoms with van der Waals surface area (Å²) in [5.41, 5.74) is 2.97. The van der Waals surface area contributed by atoms with Crippen LogP contribution in [0.15, 0.2) is 48.5 Å². The minimum atomic E-state index is -1.28. The van der Waals surface area contributed by atoms with Crippen molar-refractivity contribution in [2.45, 2.75) is 12.2 Å². The molecule has 0 fully saturated rings. The van der Waals surface area contributed by atoms with Gasteiger partial charge < -0.3 is 9.84 Å². The first-order valence-electron chi connectivity index (χ1n) is 5.91. The van der Waals surface area contributed by atoms with Crippen LogP contribution < -0.4 is 0 Å². The third kappa shape index (κ3) is 2.01. The van der Waals surface area contributed by atoms with Gasteiger partial charge in [-0.1, -0.05) is 48.5 Å². The minimum Gasteiger partial charge on any atom is -0.423 e. The van der Waals surface area contributed by atoms with E-state index in [1.807, 2.05) is 48.5 Å². The number of hydrogen-bond acceptors (Lipinski definition) is 3. The average Bonchev–Trinajstić information content (AvgIpc) is 2.72. The Labute approximate surface area is 115 Å². The van der Waals surface area contributed by atoms with E-state index >= 15 is 0 Å². The van der Waals surface area contributed by atoms with Crippen molar-refractivity contribution in [3.63, 3.8) is 0 Å². The van der Waals surface area contributed by atoms with Crippen molar-refractivity contribution in [3.8, 4) is 11.1 Å². The Hall–Kier alpha value is -1.84. The van der Waals surface area contributed by atoms with Crippen LogP contribution in [0.2, 0.25) is 0 Å². The van der Waals surface area contributed by atoms with E-state index < -0.39 is 17.6 Å². The van der Waals surface area contributed by atoms with Crippen LogP contribution in [0.5, 0.6) is 0 Å². The van der Waals surface area contributed by atoms with Crippen LogP contribution in [0, 0.1) is 0 Å². The summed E-state index contributed by atoms with van der Waals surface area (Å²) in [6.45, 7) is 0. The summed E-state index contributed by atoms with van der Waals surface area (Å²) in [5, 5.41) is 10.1. The molecule has 1 unspecified atom stereocenters. The van der Waals surface area contributed by atoms with Crippen LogP contribution in [-0.4, -0.2) is 16.8 Å². The Morgan fingerprint density at radius 1 is 1.05 bits per heavy atom. The topological polar surface area (TPSA) is 46.5 Å². The molecule has 0 saturated heterocycles. The molecule has 1 atom stereocenters. The van der Waals surface area contributed by atoms with Gasteiger partial charge in [0.25, 0.3) is 0 Å². The van der Waals surface area contributed by atoms with Crippen molar-refractivity contribution in [1.29, 1.82) is 0 Å². The summed E-state index contributed by atoms with van der Waals surface area (Å²) in [7, 11) is 0. The maximum atomic E-state index is 10.8. The monoisotopic (exact) mass is 274 g/mol. The van der Waals surface area contributed by atoms with Gasteiger partial charge in [0.15, 0.2) is 0 Å². The predicted octanol–water partition coefficient (Wildman–Crippen LogP) is 3.49. The second kappa shape index (κ2) is 4.68. The summed E-state index contributed by atoms with van der Waals surface area (Å²) in [5.74, 6) is -0.393. The van der Waals surface area contributed by atoms with Gasteiger partial charge in [0.05, 0.1) is 5.92 Å². The number of fused-ring (bicyclic) bond motifs is 3. The zero-order valence-corrected chi connectivity index (χ0v) is 10.7. The maximum Gasteiger partial charge on any atom is 0.406 e. The Balaban J connectivity index is 2.12. The van der Waals surface area contributed by atoms with E-state index in [-0.39, 0.29) is 0 Å². The highest BCUT2D eigenvalue weighted by molar-refractivity contribution is 6.61. The molecular weight excluding hydrogens is 264 g/mol. The zero-order chi connectivity index (χ0) is 13.4. The summed E-state index contributed by atoms with van der Waals surface area (Å²) in [6, 6.07) is 15.5. The zero-order valence-electron chi connectivity index (χ0n) is 9.92. The molecule has 0 aliphatic heterocycles. The molecule has 1 aliphatic carbocycles. The Kier molecular flexibility index (Phi) is 3.01. The van der Waals surface area contributed by atoms with E-state index in [1.165, 1.54) is 0 Å². The lowest BCUT2D eigenvalue weighted by Gasteiger charge is -2.19. The molecule has 0 spiro atoms. The normalized spacial score (nSPS) is 14.6. The number of rotatable bonds is 2. The largest absolute Gasteiger partial charge is 0.423 e. The molecule has 1 N–H and O–H groups in total. The maximum absolute atomic E-state index is 10.8. The Morgan fingerprint density at radius 2 is 1.53 bits per heavy atom. The van der Waals surface area contributed by atoms with Gasteiger partial charge in [0, 0.05) is 11.6 Å². The van der Waals surface area contributed by atoms with Gasteiger partial charge in [-0.15, -0.1) is 0 Å². The molecule has 3 nitrogen and oxygen atoms in total. The lowest BCUT2D eigenvalue weighted by molar-refractivity contribution is -0.0516. The van der Waals surface area contributed by atoms with Crippen molar-refractivity contribution < 1.29 is 14.6 Å². The highest BCUT2D eigenvalue weighted by atomic mass is 35.5. The first kappa shape index (κ1) is 12.2. The van der Waals surface area contributed by atoms with Crippen molar-refractivity contribution in [1.82, 2.24) is 0 Å². The standard InChI is InChI=1S/C15H11ClO3/c16-15(18)19-14(17)13-11-7-3-1-5-9(11)10-6-2-4-8-12(10)13/h1-8,13-14,17H. The van der Waals surface area contributed by atoms with E-state index in [4.69, 9.17) is 16.3 Å². The summed E-state index contributed by atoms with van der Waals surface area (Å²) in [6.07, 6.45) is -1.28. The molecule has 1 aliphatic rings. The third-order valence-electron chi connectivity index (χ3n) is 3.38. The minimum absolute atomic E-state index is 0.393. The molecule has 0 bridgehead atoms. The van der Waals surface area contributed by atoms with E-state index in [2.05, 4.69) is 0 Å². The lowest BCUT2D eigenvalue weighted by Crippen LogP contribution is -2.22. The first-order chi connectivity index (χ1) is 9.18. The van der Waals surface area contributed by atoms with Crippen molar-refractivity contribution >= 4 is 17.0 Å². The summed E-state index contributed by atoms with van der Waals surface area (Å²) < 4.78 is 4.73. The van der Waals surface area contributed by atoms with Crippen molar-refractivity contribution in [2.24, 2.45) is 0 Å². The number of carbonyl (C=O) groups is 1. The molecule has 96 valence electrons. The van der Waals surface area contributed by atoms with Crippen LogP contribution in [0.4, 0.5) is 4.79 Å². The third-order valence-corrected chi connectivity index (χ3v) is 3.47. The number of carbonyl (C=O) groups excluding carboxylic acids is 1. The highest BCUT2D eigenvalue weighted by Gasteiger charge is 2.35. The van der Waals surface area contributed by atoms with Gasteiger partial charge in [0.2, 0.25) is 6.29 Å². The molecule has 4 heteroatoms. The fourth-order valence-electron chi connectivity index (χ4n) is 2.66. The Bertz CT molecular complexity index is 593. The molecule has 0 aromatic heterocycles. The van der Waals surface area contributed by atoms with Crippen LogP contribution in [0.1, 0.15) is 17.0 Å².